The van der Waals surface area contributed by atoms with Crippen LogP contribution in [0.15, 0.2) is 11.6 Å². The van der Waals surface area contributed by atoms with Crippen molar-refractivity contribution in [1.29, 1.82) is 0 Å². The smallest absolute Gasteiger partial charge is 0.155 e. The summed E-state index contributed by atoms with van der Waals surface area (Å²) in [6.07, 6.45) is 9.03. The minimum absolute atomic E-state index is 0.0441. The molecule has 3 rings (SSSR count). The van der Waals surface area contributed by atoms with Gasteiger partial charge in [0, 0.05) is 26.2 Å². The Labute approximate surface area is 109 Å². The highest BCUT2D eigenvalue weighted by atomic mass is 16.5. The zero-order chi connectivity index (χ0) is 12.4. The second-order valence-corrected chi connectivity index (χ2v) is 5.87. The Bertz CT molecular complexity index is 347. The lowest BCUT2D eigenvalue weighted by Crippen LogP contribution is -2.44. The van der Waals surface area contributed by atoms with Crippen molar-refractivity contribution in [3.8, 4) is 0 Å². The predicted molar refractivity (Wildman–Crippen MR) is 68.4 cm³/mol. The highest BCUT2D eigenvalue weighted by Crippen LogP contribution is 2.41. The average molecular weight is 250 g/mol. The first kappa shape index (κ1) is 12.4. The van der Waals surface area contributed by atoms with Gasteiger partial charge in [0.25, 0.3) is 0 Å². The summed E-state index contributed by atoms with van der Waals surface area (Å²) in [5.41, 5.74) is 1.43. The van der Waals surface area contributed by atoms with Gasteiger partial charge in [-0.1, -0.05) is 5.57 Å². The van der Waals surface area contributed by atoms with E-state index in [-0.39, 0.29) is 5.60 Å². The molecular weight excluding hydrogens is 228 g/mol. The van der Waals surface area contributed by atoms with Crippen LogP contribution in [0.3, 0.4) is 0 Å². The maximum absolute atomic E-state index is 11.6. The Hall–Kier alpha value is -0.670. The maximum Gasteiger partial charge on any atom is 0.155 e. The largest absolute Gasteiger partial charge is 0.381 e. The first-order valence-electron chi connectivity index (χ1n) is 7.22. The van der Waals surface area contributed by atoms with E-state index in [1.165, 1.54) is 5.57 Å². The fourth-order valence-corrected chi connectivity index (χ4v) is 3.58. The van der Waals surface area contributed by atoms with Gasteiger partial charge in [-0.05, 0) is 50.5 Å². The van der Waals surface area contributed by atoms with E-state index in [1.807, 2.05) is 6.08 Å². The summed E-state index contributed by atoms with van der Waals surface area (Å²) in [7, 11) is 0. The molecule has 0 amide bonds. The number of carbonyl (C=O) groups is 1. The van der Waals surface area contributed by atoms with Crippen LogP contribution in [0.1, 0.15) is 44.9 Å². The number of ether oxygens (including phenoxy) is 2. The summed E-state index contributed by atoms with van der Waals surface area (Å²) in [6.45, 7) is 2.49. The van der Waals surface area contributed by atoms with Crippen LogP contribution >= 0.6 is 0 Å². The lowest BCUT2D eigenvalue weighted by molar-refractivity contribution is -0.143. The van der Waals surface area contributed by atoms with Gasteiger partial charge in [-0.15, -0.1) is 0 Å². The number of hydrogen-bond acceptors (Lipinski definition) is 3. The van der Waals surface area contributed by atoms with Crippen LogP contribution in [0, 0.1) is 5.92 Å². The number of allylic oxidation sites excluding steroid dienone is 2. The summed E-state index contributed by atoms with van der Waals surface area (Å²) >= 11 is 0. The molecule has 2 fully saturated rings. The van der Waals surface area contributed by atoms with E-state index in [1.54, 1.807) is 0 Å². The molecule has 1 aliphatic carbocycles. The quantitative estimate of drug-likeness (QED) is 0.717. The highest BCUT2D eigenvalue weighted by Gasteiger charge is 2.40. The average Bonchev–Trinajstić information content (AvgIpc) is 2.40. The van der Waals surface area contributed by atoms with Crippen molar-refractivity contribution in [3.63, 3.8) is 0 Å². The minimum Gasteiger partial charge on any atom is -0.381 e. The van der Waals surface area contributed by atoms with Gasteiger partial charge >= 0.3 is 0 Å². The number of rotatable bonds is 1. The van der Waals surface area contributed by atoms with Gasteiger partial charge in [0.2, 0.25) is 0 Å². The molecule has 0 aromatic heterocycles. The number of ketones is 1. The van der Waals surface area contributed by atoms with Gasteiger partial charge in [0.1, 0.15) is 0 Å². The molecule has 1 spiro atoms. The molecule has 18 heavy (non-hydrogen) atoms. The van der Waals surface area contributed by atoms with Crippen molar-refractivity contribution in [1.82, 2.24) is 0 Å². The Morgan fingerprint density at radius 1 is 1.17 bits per heavy atom. The second kappa shape index (κ2) is 5.14. The molecule has 0 aromatic carbocycles. The molecule has 3 nitrogen and oxygen atoms in total. The fourth-order valence-electron chi connectivity index (χ4n) is 3.58. The SMILES string of the molecule is O=C1C=C(C2CCOC3(CCOCC3)C2)CCC1. The third-order valence-electron chi connectivity index (χ3n) is 4.66. The van der Waals surface area contributed by atoms with Crippen LogP contribution in [-0.2, 0) is 14.3 Å². The monoisotopic (exact) mass is 250 g/mol. The zero-order valence-electron chi connectivity index (χ0n) is 11.0. The second-order valence-electron chi connectivity index (χ2n) is 5.87. The summed E-state index contributed by atoms with van der Waals surface area (Å²) in [5.74, 6) is 0.893. The third-order valence-corrected chi connectivity index (χ3v) is 4.66. The van der Waals surface area contributed by atoms with Crippen molar-refractivity contribution < 1.29 is 14.3 Å². The zero-order valence-corrected chi connectivity index (χ0v) is 11.0. The maximum atomic E-state index is 11.6. The van der Waals surface area contributed by atoms with Gasteiger partial charge in [-0.2, -0.15) is 0 Å². The highest BCUT2D eigenvalue weighted by molar-refractivity contribution is 5.91. The molecule has 2 saturated heterocycles. The van der Waals surface area contributed by atoms with Crippen LogP contribution in [-0.4, -0.2) is 31.2 Å². The molecule has 3 heteroatoms. The lowest BCUT2D eigenvalue weighted by Gasteiger charge is -2.44. The Morgan fingerprint density at radius 2 is 2.00 bits per heavy atom. The van der Waals surface area contributed by atoms with E-state index in [9.17, 15) is 4.79 Å². The Morgan fingerprint density at radius 3 is 2.78 bits per heavy atom. The van der Waals surface area contributed by atoms with Gasteiger partial charge in [-0.3, -0.25) is 4.79 Å². The van der Waals surface area contributed by atoms with Crippen LogP contribution in [0.2, 0.25) is 0 Å². The molecule has 100 valence electrons. The molecule has 0 radical (unpaired) electrons. The van der Waals surface area contributed by atoms with Crippen molar-refractivity contribution in [2.45, 2.75) is 50.5 Å². The van der Waals surface area contributed by atoms with Crippen molar-refractivity contribution in [3.05, 3.63) is 11.6 Å². The number of carbonyl (C=O) groups excluding carboxylic acids is 1. The van der Waals surface area contributed by atoms with Crippen molar-refractivity contribution >= 4 is 5.78 Å². The fraction of sp³-hybridized carbons (Fsp3) is 0.800. The van der Waals surface area contributed by atoms with Crippen LogP contribution in [0.5, 0.6) is 0 Å². The standard InChI is InChI=1S/C15H22O3/c16-14-3-1-2-12(10-14)13-4-7-18-15(11-13)5-8-17-9-6-15/h10,13H,1-9,11H2. The molecule has 1 atom stereocenters. The van der Waals surface area contributed by atoms with E-state index < -0.39 is 0 Å². The van der Waals surface area contributed by atoms with Crippen molar-refractivity contribution in [2.24, 2.45) is 5.92 Å². The summed E-state index contributed by atoms with van der Waals surface area (Å²) in [5, 5.41) is 0. The Kier molecular flexibility index (Phi) is 3.53. The number of hydrogen-bond donors (Lipinski definition) is 0. The summed E-state index contributed by atoms with van der Waals surface area (Å²) in [6, 6.07) is 0. The minimum atomic E-state index is 0.0441. The van der Waals surface area contributed by atoms with Crippen molar-refractivity contribution in [2.75, 3.05) is 19.8 Å². The molecular formula is C15H22O3. The lowest BCUT2D eigenvalue weighted by atomic mass is 9.75. The topological polar surface area (TPSA) is 35.5 Å². The molecule has 1 unspecified atom stereocenters. The summed E-state index contributed by atoms with van der Waals surface area (Å²) < 4.78 is 11.5. The van der Waals surface area contributed by atoms with Gasteiger partial charge in [-0.25, -0.2) is 0 Å². The molecule has 0 saturated carbocycles. The van der Waals surface area contributed by atoms with Gasteiger partial charge in [0.15, 0.2) is 5.78 Å². The van der Waals surface area contributed by atoms with E-state index in [0.29, 0.717) is 11.7 Å². The van der Waals surface area contributed by atoms with Gasteiger partial charge in [0.05, 0.1) is 5.60 Å². The van der Waals surface area contributed by atoms with E-state index in [2.05, 4.69) is 0 Å². The first-order chi connectivity index (χ1) is 8.77. The first-order valence-corrected chi connectivity index (χ1v) is 7.22. The molecule has 0 N–H and O–H groups in total. The van der Waals surface area contributed by atoms with Gasteiger partial charge < -0.3 is 9.47 Å². The summed E-state index contributed by atoms with van der Waals surface area (Å²) in [4.78, 5) is 11.6. The van der Waals surface area contributed by atoms with Crippen LogP contribution in [0.25, 0.3) is 0 Å². The molecule has 2 aliphatic heterocycles. The van der Waals surface area contributed by atoms with E-state index in [0.717, 1.165) is 64.8 Å². The van der Waals surface area contributed by atoms with E-state index >= 15 is 0 Å². The molecule has 3 aliphatic rings. The molecule has 2 heterocycles. The molecule has 0 bridgehead atoms. The predicted octanol–water partition coefficient (Wildman–Crippen LogP) is 2.64. The normalized spacial score (nSPS) is 32.3. The molecule has 0 aromatic rings. The van der Waals surface area contributed by atoms with Crippen LogP contribution < -0.4 is 0 Å². The van der Waals surface area contributed by atoms with E-state index in [4.69, 9.17) is 9.47 Å². The Balaban J connectivity index is 1.71. The third kappa shape index (κ3) is 2.52. The van der Waals surface area contributed by atoms with Crippen LogP contribution in [0.4, 0.5) is 0 Å².